The van der Waals surface area contributed by atoms with Gasteiger partial charge in [-0.1, -0.05) is 0 Å². The second-order valence-corrected chi connectivity index (χ2v) is 7.14. The van der Waals surface area contributed by atoms with Crippen LogP contribution in [0, 0.1) is 0 Å². The molecule has 0 bridgehead atoms. The Morgan fingerprint density at radius 1 is 1.38 bits per heavy atom. The van der Waals surface area contributed by atoms with E-state index < -0.39 is 0 Å². The summed E-state index contributed by atoms with van der Waals surface area (Å²) in [5, 5.41) is 1.96. The third kappa shape index (κ3) is 3.42. The number of benzene rings is 1. The Bertz CT molecular complexity index is 702. The minimum Gasteiger partial charge on any atom is -0.497 e. The molecule has 0 aliphatic carbocycles. The maximum atomic E-state index is 11.8. The molecule has 1 unspecified atom stereocenters. The normalized spacial score (nSPS) is 22.6. The fourth-order valence-electron chi connectivity index (χ4n) is 3.01. The molecule has 1 N–H and O–H groups in total. The van der Waals surface area contributed by atoms with E-state index in [0.29, 0.717) is 10.9 Å². The summed E-state index contributed by atoms with van der Waals surface area (Å²) in [4.78, 5) is 28.2. The number of thioether (sulfide) groups is 1. The molecule has 3 rings (SSSR count). The fraction of sp³-hybridized carbons (Fsp3) is 0.412. The van der Waals surface area contributed by atoms with Crippen molar-refractivity contribution in [1.29, 1.82) is 0 Å². The van der Waals surface area contributed by atoms with Crippen molar-refractivity contribution in [2.24, 2.45) is 0 Å². The lowest BCUT2D eigenvalue weighted by atomic mass is 10.1. The first-order valence-corrected chi connectivity index (χ1v) is 8.64. The van der Waals surface area contributed by atoms with E-state index in [1.54, 1.807) is 13.2 Å². The lowest BCUT2D eigenvalue weighted by Crippen LogP contribution is -2.31. The predicted molar refractivity (Wildman–Crippen MR) is 96.4 cm³/mol. The first kappa shape index (κ1) is 16.9. The highest BCUT2D eigenvalue weighted by atomic mass is 32.2. The average Bonchev–Trinajstić information content (AvgIpc) is 3.14. The van der Waals surface area contributed by atoms with Crippen LogP contribution in [0.2, 0.25) is 0 Å². The number of anilines is 1. The molecular formula is C17H21N3O3S. The Balaban J connectivity index is 1.94. The maximum absolute atomic E-state index is 11.8. The van der Waals surface area contributed by atoms with E-state index in [0.717, 1.165) is 48.3 Å². The molecule has 1 aromatic rings. The van der Waals surface area contributed by atoms with Gasteiger partial charge in [0.05, 0.1) is 12.0 Å². The van der Waals surface area contributed by atoms with Gasteiger partial charge >= 0.3 is 0 Å². The van der Waals surface area contributed by atoms with E-state index in [2.05, 4.69) is 29.2 Å². The third-order valence-corrected chi connectivity index (χ3v) is 5.21. The molecular weight excluding hydrogens is 326 g/mol. The Morgan fingerprint density at radius 3 is 2.75 bits per heavy atom. The second kappa shape index (κ2) is 6.86. The Morgan fingerprint density at radius 2 is 2.17 bits per heavy atom. The number of nitrogens with one attached hydrogen (secondary N) is 1. The number of methoxy groups -OCH3 is 1. The number of likely N-dealkylation sites (N-methyl/N-ethyl adjacent to an activating group) is 1. The fourth-order valence-corrected chi connectivity index (χ4v) is 3.68. The number of rotatable bonds is 4. The number of hydrogen-bond donors (Lipinski definition) is 1. The highest BCUT2D eigenvalue weighted by Crippen LogP contribution is 2.33. The van der Waals surface area contributed by atoms with Gasteiger partial charge in [-0.15, -0.1) is 0 Å². The third-order valence-electron chi connectivity index (χ3n) is 4.40. The minimum absolute atomic E-state index is 0.329. The minimum atomic E-state index is -0.341. The number of nitrogens with zero attached hydrogens (tertiary/aromatic N) is 2. The van der Waals surface area contributed by atoms with Crippen molar-refractivity contribution in [2.45, 2.75) is 12.5 Å². The molecule has 7 heteroatoms. The van der Waals surface area contributed by atoms with Crippen LogP contribution < -0.4 is 15.0 Å². The lowest BCUT2D eigenvalue weighted by Gasteiger charge is -2.23. The molecule has 0 aromatic heterocycles. The van der Waals surface area contributed by atoms with Gasteiger partial charge in [0.15, 0.2) is 0 Å². The smallest absolute Gasteiger partial charge is 0.290 e. The highest BCUT2D eigenvalue weighted by Gasteiger charge is 2.28. The molecule has 2 saturated heterocycles. The number of carbonyl (C=O) groups excluding carboxylic acids is 2. The van der Waals surface area contributed by atoms with Crippen molar-refractivity contribution < 1.29 is 14.3 Å². The summed E-state index contributed by atoms with van der Waals surface area (Å²) in [7, 11) is 5.80. The van der Waals surface area contributed by atoms with Crippen molar-refractivity contribution in [2.75, 3.05) is 39.2 Å². The molecule has 1 atom stereocenters. The number of imide groups is 1. The van der Waals surface area contributed by atoms with Crippen LogP contribution in [0.4, 0.5) is 10.5 Å². The van der Waals surface area contributed by atoms with Crippen LogP contribution in [0.25, 0.3) is 6.08 Å². The molecule has 2 aliphatic heterocycles. The van der Waals surface area contributed by atoms with Gasteiger partial charge in [-0.3, -0.25) is 14.9 Å². The van der Waals surface area contributed by atoms with Gasteiger partial charge in [-0.25, -0.2) is 0 Å². The van der Waals surface area contributed by atoms with Crippen LogP contribution in [-0.4, -0.2) is 56.4 Å². The molecule has 0 spiro atoms. The summed E-state index contributed by atoms with van der Waals surface area (Å²) < 4.78 is 5.31. The molecule has 6 nitrogen and oxygen atoms in total. The van der Waals surface area contributed by atoms with Gasteiger partial charge in [0.2, 0.25) is 0 Å². The molecule has 2 fully saturated rings. The standard InChI is InChI=1S/C17H21N3O3S/c1-19(2)12-6-7-20(10-12)14-5-4-13(23-3)8-11(14)9-15-16(21)18-17(22)24-15/h4-5,8-9,12H,6-7,10H2,1-3H3,(H,18,21,22)/b15-9-. The highest BCUT2D eigenvalue weighted by molar-refractivity contribution is 8.18. The van der Waals surface area contributed by atoms with Crippen LogP contribution in [0.3, 0.4) is 0 Å². The molecule has 2 aliphatic rings. The number of ether oxygens (including phenoxy) is 1. The van der Waals surface area contributed by atoms with Crippen LogP contribution in [0.5, 0.6) is 5.75 Å². The summed E-state index contributed by atoms with van der Waals surface area (Å²) >= 11 is 0.933. The summed E-state index contributed by atoms with van der Waals surface area (Å²) in [6, 6.07) is 6.36. The number of hydrogen-bond acceptors (Lipinski definition) is 6. The second-order valence-electron chi connectivity index (χ2n) is 6.13. The van der Waals surface area contributed by atoms with E-state index in [4.69, 9.17) is 4.74 Å². The molecule has 2 amide bonds. The van der Waals surface area contributed by atoms with Crippen LogP contribution >= 0.6 is 11.8 Å². The van der Waals surface area contributed by atoms with Gasteiger partial charge in [0.25, 0.3) is 11.1 Å². The van der Waals surface area contributed by atoms with E-state index in [1.807, 2.05) is 18.2 Å². The van der Waals surface area contributed by atoms with Crippen LogP contribution in [0.1, 0.15) is 12.0 Å². The molecule has 128 valence electrons. The van der Waals surface area contributed by atoms with Crippen molar-refractivity contribution in [3.63, 3.8) is 0 Å². The maximum Gasteiger partial charge on any atom is 0.290 e. The Labute approximate surface area is 145 Å². The van der Waals surface area contributed by atoms with E-state index in [-0.39, 0.29) is 11.1 Å². The first-order valence-electron chi connectivity index (χ1n) is 7.82. The van der Waals surface area contributed by atoms with Crippen molar-refractivity contribution in [1.82, 2.24) is 10.2 Å². The van der Waals surface area contributed by atoms with E-state index in [1.165, 1.54) is 0 Å². The van der Waals surface area contributed by atoms with Gasteiger partial charge in [0.1, 0.15) is 5.75 Å². The van der Waals surface area contributed by atoms with Gasteiger partial charge in [0, 0.05) is 30.4 Å². The van der Waals surface area contributed by atoms with Gasteiger partial charge in [-0.2, -0.15) is 0 Å². The summed E-state index contributed by atoms with van der Waals surface area (Å²) in [5.41, 5.74) is 1.95. The molecule has 2 heterocycles. The lowest BCUT2D eigenvalue weighted by molar-refractivity contribution is -0.115. The van der Waals surface area contributed by atoms with Crippen molar-refractivity contribution in [3.05, 3.63) is 28.7 Å². The molecule has 0 saturated carbocycles. The topological polar surface area (TPSA) is 61.9 Å². The summed E-state index contributed by atoms with van der Waals surface area (Å²) in [5.74, 6) is 0.384. The molecule has 0 radical (unpaired) electrons. The molecule has 1 aromatic carbocycles. The Kier molecular flexibility index (Phi) is 4.82. The van der Waals surface area contributed by atoms with Crippen LogP contribution in [-0.2, 0) is 4.79 Å². The zero-order valence-electron chi connectivity index (χ0n) is 14.0. The Hall–Kier alpha value is -1.99. The van der Waals surface area contributed by atoms with Gasteiger partial charge in [-0.05, 0) is 56.6 Å². The SMILES string of the molecule is COc1ccc(N2CCC(N(C)C)C2)c(/C=C2\SC(=O)NC2=O)c1. The van der Waals surface area contributed by atoms with Crippen molar-refractivity contribution >= 4 is 34.7 Å². The monoisotopic (exact) mass is 347 g/mol. The largest absolute Gasteiger partial charge is 0.497 e. The van der Waals surface area contributed by atoms with Gasteiger partial charge < -0.3 is 14.5 Å². The zero-order chi connectivity index (χ0) is 17.3. The summed E-state index contributed by atoms with van der Waals surface area (Å²) in [6.07, 6.45) is 2.87. The van der Waals surface area contributed by atoms with E-state index >= 15 is 0 Å². The number of amides is 2. The summed E-state index contributed by atoms with van der Waals surface area (Å²) in [6.45, 7) is 1.90. The predicted octanol–water partition coefficient (Wildman–Crippen LogP) is 2.16. The average molecular weight is 347 g/mol. The quantitative estimate of drug-likeness (QED) is 0.842. The molecule has 24 heavy (non-hydrogen) atoms. The van der Waals surface area contributed by atoms with Crippen molar-refractivity contribution in [3.8, 4) is 5.75 Å². The number of carbonyl (C=O) groups is 2. The van der Waals surface area contributed by atoms with E-state index in [9.17, 15) is 9.59 Å². The van der Waals surface area contributed by atoms with Crippen LogP contribution in [0.15, 0.2) is 23.1 Å². The zero-order valence-corrected chi connectivity index (χ0v) is 14.9. The first-order chi connectivity index (χ1) is 11.5.